The van der Waals surface area contributed by atoms with Gasteiger partial charge in [0.15, 0.2) is 0 Å². The molecule has 78 heavy (non-hydrogen) atoms. The number of aliphatic imine (C=N–C) groups is 2. The minimum absolute atomic E-state index is 0. The van der Waals surface area contributed by atoms with Crippen LogP contribution in [-0.2, 0) is 79.0 Å². The van der Waals surface area contributed by atoms with Crippen molar-refractivity contribution in [2.75, 3.05) is 7.05 Å². The first-order valence-electron chi connectivity index (χ1n) is 23.8. The minimum atomic E-state index is -4.78. The van der Waals surface area contributed by atoms with Crippen LogP contribution in [0, 0.1) is 13.8 Å². The van der Waals surface area contributed by atoms with Crippen LogP contribution in [0.15, 0.2) is 199 Å². The monoisotopic (exact) mass is 1140 g/mol. The van der Waals surface area contributed by atoms with Crippen LogP contribution in [0.1, 0.15) is 79.2 Å². The Labute approximate surface area is 501 Å². The summed E-state index contributed by atoms with van der Waals surface area (Å²) in [5, 5.41) is 0. The van der Waals surface area contributed by atoms with E-state index in [1.807, 2.05) is 78.9 Å². The molecule has 0 N–H and O–H groups in total. The number of hydrogen-bond donors (Lipinski definition) is 0. The molecular formula is C58H52N2Na2O12S4-2. The second kappa shape index (κ2) is 27.4. The van der Waals surface area contributed by atoms with Crippen molar-refractivity contribution >= 4 is 57.6 Å². The summed E-state index contributed by atoms with van der Waals surface area (Å²) in [7, 11) is -17.0. The van der Waals surface area contributed by atoms with Gasteiger partial charge in [0.1, 0.15) is 40.5 Å². The van der Waals surface area contributed by atoms with E-state index in [9.17, 15) is 51.9 Å². The second-order valence-electron chi connectivity index (χ2n) is 18.3. The zero-order chi connectivity index (χ0) is 55.0. The summed E-state index contributed by atoms with van der Waals surface area (Å²) in [6.45, 7) is 5.51. The van der Waals surface area contributed by atoms with Crippen LogP contribution in [-0.4, -0.2) is 70.4 Å². The van der Waals surface area contributed by atoms with E-state index in [0.29, 0.717) is 63.9 Å². The van der Waals surface area contributed by atoms with Crippen molar-refractivity contribution in [2.24, 2.45) is 9.98 Å². The number of hydrogen-bond acceptors (Lipinski definition) is 14. The number of benzene rings is 7. The average molecular weight is 1140 g/mol. The van der Waals surface area contributed by atoms with Gasteiger partial charge in [-0.25, -0.2) is 38.7 Å². The minimum Gasteiger partial charge on any atom is -0.744 e. The number of aryl methyl sites for hydroxylation is 3. The molecule has 7 aromatic carbocycles. The number of rotatable bonds is 16. The summed E-state index contributed by atoms with van der Waals surface area (Å²) in [5.74, 6) is 0. The maximum Gasteiger partial charge on any atom is 1.00 e. The Morgan fingerprint density at radius 3 is 1.01 bits per heavy atom. The Morgan fingerprint density at radius 1 is 0.359 bits per heavy atom. The molecular weight excluding hydrogens is 1090 g/mol. The first kappa shape index (κ1) is 63.8. The third kappa shape index (κ3) is 18.0. The van der Waals surface area contributed by atoms with Gasteiger partial charge in [-0.2, -0.15) is 0 Å². The fourth-order valence-electron chi connectivity index (χ4n) is 8.52. The van der Waals surface area contributed by atoms with Gasteiger partial charge in [0.05, 0.1) is 36.7 Å². The molecule has 394 valence electrons. The molecule has 0 fully saturated rings. The van der Waals surface area contributed by atoms with E-state index in [2.05, 4.69) is 16.9 Å². The Bertz CT molecular complexity index is 3880. The molecule has 1 aliphatic carbocycles. The van der Waals surface area contributed by atoms with Crippen molar-refractivity contribution in [1.82, 2.24) is 0 Å². The van der Waals surface area contributed by atoms with Gasteiger partial charge < -0.3 is 18.2 Å². The molecule has 0 heterocycles. The van der Waals surface area contributed by atoms with Crippen LogP contribution >= 0.6 is 0 Å². The number of allylic oxidation sites excluding steroid dienone is 4. The van der Waals surface area contributed by atoms with Crippen LogP contribution in [0.2, 0.25) is 0 Å². The standard InChI is InChI=1S/C30H30O6S2.C28H26N2O6S2.2Na/c1-3-22-5-7-24(8-6-22)19-28-15-13-26(20-30(28)38(34,35)36)17-23-9-11-25(12-10-23)18-27-14-4-21(2)16-29(27)37(31,32)33;1-19-3-9-23(27(15-19)37(31,32)33)17-21-6-4-20(5-7-21)16-22-8-14-26(28(18-22)38(34,35)36)30-25-12-10-24(29-2)11-13-25;;/h4-16,20H,3,17-19H2,1-2H3,(H,31,32,33)(H,34,35,36);3-15,18H,16-17H2,1-2H3,(H,31,32,33)(H,34,35,36);;/q;;2*+1/p-4. The van der Waals surface area contributed by atoms with Gasteiger partial charge in [0, 0.05) is 7.05 Å². The normalized spacial score (nSPS) is 12.5. The van der Waals surface area contributed by atoms with Gasteiger partial charge in [-0.15, -0.1) is 0 Å². The summed E-state index contributed by atoms with van der Waals surface area (Å²) < 4.78 is 142. The van der Waals surface area contributed by atoms with E-state index in [1.165, 1.54) is 35.9 Å². The third-order valence-corrected chi connectivity index (χ3v) is 16.1. The molecule has 0 radical (unpaired) electrons. The molecule has 8 rings (SSSR count). The summed E-state index contributed by atoms with van der Waals surface area (Å²) in [6, 6.07) is 41.7. The molecule has 0 bridgehead atoms. The molecule has 14 nitrogen and oxygen atoms in total. The van der Waals surface area contributed by atoms with Crippen molar-refractivity contribution in [2.45, 2.75) is 78.9 Å². The third-order valence-electron chi connectivity index (χ3n) is 12.5. The molecule has 0 aliphatic heterocycles. The Balaban J connectivity index is 0.000000280. The van der Waals surface area contributed by atoms with Crippen molar-refractivity contribution in [3.8, 4) is 0 Å². The smallest absolute Gasteiger partial charge is 0.744 e. The zero-order valence-corrected chi connectivity index (χ0v) is 51.1. The Kier molecular flexibility index (Phi) is 22.5. The number of nitrogens with zero attached hydrogens (tertiary/aromatic N) is 2. The van der Waals surface area contributed by atoms with Crippen molar-refractivity contribution < 1.29 is 111 Å². The van der Waals surface area contributed by atoms with Crippen molar-refractivity contribution in [1.29, 1.82) is 0 Å². The molecule has 0 saturated carbocycles. The summed E-state index contributed by atoms with van der Waals surface area (Å²) >= 11 is 0. The van der Waals surface area contributed by atoms with E-state index < -0.39 is 45.4 Å². The molecule has 0 saturated heterocycles. The first-order valence-corrected chi connectivity index (χ1v) is 29.4. The maximum atomic E-state index is 12.1. The van der Waals surface area contributed by atoms with Gasteiger partial charge in [0.25, 0.3) is 0 Å². The van der Waals surface area contributed by atoms with Crippen LogP contribution < -0.4 is 59.1 Å². The van der Waals surface area contributed by atoms with E-state index >= 15 is 0 Å². The molecule has 1 aliphatic rings. The van der Waals surface area contributed by atoms with Gasteiger partial charge >= 0.3 is 59.1 Å². The molecule has 0 unspecified atom stereocenters. The summed E-state index contributed by atoms with van der Waals surface area (Å²) in [5.41, 5.74) is 10.8. The van der Waals surface area contributed by atoms with E-state index in [-0.39, 0.29) is 92.3 Å². The molecule has 0 spiro atoms. The van der Waals surface area contributed by atoms with E-state index in [1.54, 1.807) is 81.6 Å². The second-order valence-corrected chi connectivity index (χ2v) is 23.7. The van der Waals surface area contributed by atoms with Gasteiger partial charge in [0.2, 0.25) is 0 Å². The van der Waals surface area contributed by atoms with Crippen LogP contribution in [0.3, 0.4) is 0 Å². The Morgan fingerprint density at radius 2 is 0.654 bits per heavy atom. The van der Waals surface area contributed by atoms with Gasteiger partial charge in [-0.1, -0.05) is 122 Å². The molecule has 0 aromatic heterocycles. The van der Waals surface area contributed by atoms with Gasteiger partial charge in [-0.3, -0.25) is 4.99 Å². The first-order chi connectivity index (χ1) is 35.8. The average Bonchev–Trinajstić information content (AvgIpc) is 3.36. The zero-order valence-electron chi connectivity index (χ0n) is 43.8. The predicted octanol–water partition coefficient (Wildman–Crippen LogP) is 3.40. The SMILES string of the molecule is CCc1ccc(Cc2ccc(Cc3ccc(Cc4ccc(C)cc4S(=O)(=O)[O-])cc3)cc2S(=O)(=O)[O-])cc1.CN=C1C=CC(=Nc2ccc(Cc3ccc(Cc4ccc(C)cc4S(=O)(=O)[O-])cc3)cc2S(=O)(=O)[O-])C=C1.[Na+].[Na+]. The molecule has 7 aromatic rings. The fraction of sp³-hybridized carbons (Fsp3) is 0.172. The quantitative estimate of drug-likeness (QED) is 0.0767. The molecule has 20 heteroatoms. The van der Waals surface area contributed by atoms with Crippen molar-refractivity contribution in [3.05, 3.63) is 242 Å². The topological polar surface area (TPSA) is 254 Å². The van der Waals surface area contributed by atoms with Crippen LogP contribution in [0.25, 0.3) is 0 Å². The molecule has 0 amide bonds. The van der Waals surface area contributed by atoms with E-state index in [4.69, 9.17) is 0 Å². The fourth-order valence-corrected chi connectivity index (χ4v) is 11.5. The predicted molar refractivity (Wildman–Crippen MR) is 289 cm³/mol. The summed E-state index contributed by atoms with van der Waals surface area (Å²) in [4.78, 5) is 7.32. The van der Waals surface area contributed by atoms with Crippen LogP contribution in [0.4, 0.5) is 5.69 Å². The maximum absolute atomic E-state index is 12.1. The Hall–Kier alpha value is -5.00. The molecule has 0 atom stereocenters. The summed E-state index contributed by atoms with van der Waals surface area (Å²) in [6.07, 6.45) is 9.42. The van der Waals surface area contributed by atoms with Crippen molar-refractivity contribution in [3.63, 3.8) is 0 Å². The van der Waals surface area contributed by atoms with Crippen LogP contribution in [0.5, 0.6) is 0 Å². The largest absolute Gasteiger partial charge is 1.00 e. The van der Waals surface area contributed by atoms with E-state index in [0.717, 1.165) is 39.9 Å². The van der Waals surface area contributed by atoms with Gasteiger partial charge in [-0.05, 0) is 179 Å².